The van der Waals surface area contributed by atoms with Crippen molar-refractivity contribution in [3.05, 3.63) is 24.3 Å². The molecule has 1 heterocycles. The van der Waals surface area contributed by atoms with Gasteiger partial charge in [-0.1, -0.05) is 0 Å². The van der Waals surface area contributed by atoms with Crippen molar-refractivity contribution in [2.24, 2.45) is 5.73 Å². The first-order valence-electron chi connectivity index (χ1n) is 3.54. The lowest BCUT2D eigenvalue weighted by atomic mass is 10.5. The normalized spacial score (nSPS) is 9.67. The summed E-state index contributed by atoms with van der Waals surface area (Å²) in [6, 6.07) is 1.73. The largest absolute Gasteiger partial charge is 0.369 e. The predicted molar refractivity (Wildman–Crippen MR) is 42.9 cm³/mol. The van der Waals surface area contributed by atoms with Crippen molar-refractivity contribution in [1.82, 2.24) is 15.3 Å². The fourth-order valence-corrected chi connectivity index (χ4v) is 0.719. The third-order valence-corrected chi connectivity index (χ3v) is 1.20. The molecule has 0 aliphatic carbocycles. The Kier molecular flexibility index (Phi) is 3.16. The molecule has 0 atom stereocenters. The third kappa shape index (κ3) is 3.07. The van der Waals surface area contributed by atoms with E-state index in [9.17, 15) is 4.79 Å². The van der Waals surface area contributed by atoms with Crippen LogP contribution < -0.4 is 11.1 Å². The van der Waals surface area contributed by atoms with Crippen LogP contribution in [0.15, 0.2) is 18.5 Å². The molecule has 1 aromatic heterocycles. The first-order valence-corrected chi connectivity index (χ1v) is 3.54. The molecular formula is C7H10N4O. The zero-order valence-electron chi connectivity index (χ0n) is 6.53. The molecule has 0 radical (unpaired) electrons. The summed E-state index contributed by atoms with van der Waals surface area (Å²) in [4.78, 5) is 18.2. The van der Waals surface area contributed by atoms with Crippen molar-refractivity contribution < 1.29 is 4.79 Å². The molecule has 12 heavy (non-hydrogen) atoms. The summed E-state index contributed by atoms with van der Waals surface area (Å²) < 4.78 is 0. The molecule has 0 bridgehead atoms. The van der Waals surface area contributed by atoms with Crippen LogP contribution in [0.3, 0.4) is 0 Å². The van der Waals surface area contributed by atoms with Gasteiger partial charge in [0, 0.05) is 12.4 Å². The highest BCUT2D eigenvalue weighted by molar-refractivity contribution is 5.75. The molecule has 0 fully saturated rings. The van der Waals surface area contributed by atoms with Gasteiger partial charge in [-0.05, 0) is 6.07 Å². The van der Waals surface area contributed by atoms with Crippen molar-refractivity contribution in [3.8, 4) is 0 Å². The lowest BCUT2D eigenvalue weighted by Crippen LogP contribution is -2.28. The van der Waals surface area contributed by atoms with Crippen molar-refractivity contribution in [2.75, 3.05) is 6.54 Å². The van der Waals surface area contributed by atoms with Gasteiger partial charge in [0.1, 0.15) is 5.82 Å². The molecule has 0 spiro atoms. The average Bonchev–Trinajstić information content (AvgIpc) is 2.05. The Hall–Kier alpha value is -1.49. The fraction of sp³-hybridized carbons (Fsp3) is 0.286. The lowest BCUT2D eigenvalue weighted by molar-refractivity contribution is -0.117. The summed E-state index contributed by atoms with van der Waals surface area (Å²) in [5.41, 5.74) is 4.91. The summed E-state index contributed by atoms with van der Waals surface area (Å²) in [5, 5.41) is 2.80. The number of nitrogens with two attached hydrogens (primary N) is 1. The Morgan fingerprint density at radius 2 is 2.17 bits per heavy atom. The van der Waals surface area contributed by atoms with E-state index in [-0.39, 0.29) is 12.5 Å². The van der Waals surface area contributed by atoms with E-state index in [0.29, 0.717) is 12.4 Å². The van der Waals surface area contributed by atoms with Gasteiger partial charge in [-0.3, -0.25) is 4.79 Å². The second-order valence-corrected chi connectivity index (χ2v) is 2.23. The van der Waals surface area contributed by atoms with E-state index >= 15 is 0 Å². The summed E-state index contributed by atoms with van der Waals surface area (Å²) in [6.07, 6.45) is 3.29. The number of carbonyl (C=O) groups excluding carboxylic acids is 1. The molecule has 0 aliphatic rings. The minimum atomic E-state index is -0.383. The van der Waals surface area contributed by atoms with E-state index in [1.54, 1.807) is 18.5 Å². The van der Waals surface area contributed by atoms with Gasteiger partial charge in [0.25, 0.3) is 0 Å². The van der Waals surface area contributed by atoms with Crippen LogP contribution in [0.2, 0.25) is 0 Å². The van der Waals surface area contributed by atoms with Gasteiger partial charge in [0.15, 0.2) is 0 Å². The Morgan fingerprint density at radius 1 is 1.50 bits per heavy atom. The van der Waals surface area contributed by atoms with Crippen LogP contribution in [0, 0.1) is 0 Å². The Labute approximate surface area is 70.0 Å². The number of nitrogens with zero attached hydrogens (tertiary/aromatic N) is 2. The van der Waals surface area contributed by atoms with Crippen molar-refractivity contribution in [3.63, 3.8) is 0 Å². The van der Waals surface area contributed by atoms with E-state index in [4.69, 9.17) is 5.73 Å². The second kappa shape index (κ2) is 4.40. The van der Waals surface area contributed by atoms with Crippen molar-refractivity contribution in [2.45, 2.75) is 6.54 Å². The maximum absolute atomic E-state index is 10.3. The SMILES string of the molecule is NC(=O)CNCc1ncccn1. The monoisotopic (exact) mass is 166 g/mol. The van der Waals surface area contributed by atoms with E-state index in [1.807, 2.05) is 0 Å². The lowest BCUT2D eigenvalue weighted by Gasteiger charge is -1.98. The molecule has 5 heteroatoms. The van der Waals surface area contributed by atoms with Crippen LogP contribution >= 0.6 is 0 Å². The quantitative estimate of drug-likeness (QED) is 0.604. The van der Waals surface area contributed by atoms with Crippen LogP contribution in [0.5, 0.6) is 0 Å². The first kappa shape index (κ1) is 8.61. The number of amides is 1. The second-order valence-electron chi connectivity index (χ2n) is 2.23. The van der Waals surface area contributed by atoms with Gasteiger partial charge in [-0.2, -0.15) is 0 Å². The molecular weight excluding hydrogens is 156 g/mol. The number of nitrogens with one attached hydrogen (secondary N) is 1. The Balaban J connectivity index is 2.29. The summed E-state index contributed by atoms with van der Waals surface area (Å²) in [6.45, 7) is 0.613. The molecule has 3 N–H and O–H groups in total. The minimum absolute atomic E-state index is 0.151. The highest BCUT2D eigenvalue weighted by atomic mass is 16.1. The first-order chi connectivity index (χ1) is 5.79. The zero-order chi connectivity index (χ0) is 8.81. The minimum Gasteiger partial charge on any atom is -0.369 e. The van der Waals surface area contributed by atoms with Gasteiger partial charge in [0.05, 0.1) is 13.1 Å². The molecule has 64 valence electrons. The number of primary amides is 1. The molecule has 0 aromatic carbocycles. The van der Waals surface area contributed by atoms with Gasteiger partial charge in [-0.25, -0.2) is 9.97 Å². The molecule has 0 unspecified atom stereocenters. The molecule has 1 rings (SSSR count). The summed E-state index contributed by atoms with van der Waals surface area (Å²) in [5.74, 6) is 0.268. The average molecular weight is 166 g/mol. The van der Waals surface area contributed by atoms with E-state index in [0.717, 1.165) is 0 Å². The van der Waals surface area contributed by atoms with Crippen LogP contribution in [0.25, 0.3) is 0 Å². The smallest absolute Gasteiger partial charge is 0.231 e. The summed E-state index contributed by atoms with van der Waals surface area (Å²) in [7, 11) is 0. The van der Waals surface area contributed by atoms with Gasteiger partial charge in [-0.15, -0.1) is 0 Å². The molecule has 5 nitrogen and oxygen atoms in total. The number of hydrogen-bond donors (Lipinski definition) is 2. The van der Waals surface area contributed by atoms with Crippen molar-refractivity contribution in [1.29, 1.82) is 0 Å². The van der Waals surface area contributed by atoms with Crippen LogP contribution in [-0.2, 0) is 11.3 Å². The summed E-state index contributed by atoms with van der Waals surface area (Å²) >= 11 is 0. The Bertz CT molecular complexity index is 249. The van der Waals surface area contributed by atoms with E-state index in [2.05, 4.69) is 15.3 Å². The zero-order valence-corrected chi connectivity index (χ0v) is 6.53. The van der Waals surface area contributed by atoms with E-state index in [1.165, 1.54) is 0 Å². The van der Waals surface area contributed by atoms with Crippen LogP contribution in [0.4, 0.5) is 0 Å². The predicted octanol–water partition coefficient (Wildman–Crippen LogP) is -0.948. The molecule has 0 aliphatic heterocycles. The van der Waals surface area contributed by atoms with E-state index < -0.39 is 0 Å². The number of rotatable bonds is 4. The maximum atomic E-state index is 10.3. The van der Waals surface area contributed by atoms with Gasteiger partial charge >= 0.3 is 0 Å². The fourth-order valence-electron chi connectivity index (χ4n) is 0.719. The maximum Gasteiger partial charge on any atom is 0.231 e. The van der Waals surface area contributed by atoms with Crippen LogP contribution in [0.1, 0.15) is 5.82 Å². The van der Waals surface area contributed by atoms with Gasteiger partial charge < -0.3 is 11.1 Å². The molecule has 1 amide bonds. The van der Waals surface area contributed by atoms with Crippen molar-refractivity contribution >= 4 is 5.91 Å². The standard InChI is InChI=1S/C7H10N4O/c8-6(12)4-9-5-7-10-2-1-3-11-7/h1-3,9H,4-5H2,(H2,8,12). The van der Waals surface area contributed by atoms with Gasteiger partial charge in [0.2, 0.25) is 5.91 Å². The van der Waals surface area contributed by atoms with Crippen LogP contribution in [-0.4, -0.2) is 22.4 Å². The molecule has 0 saturated carbocycles. The molecule has 0 saturated heterocycles. The molecule has 1 aromatic rings. The highest BCUT2D eigenvalue weighted by Crippen LogP contribution is 1.84. The topological polar surface area (TPSA) is 80.9 Å². The Morgan fingerprint density at radius 3 is 2.75 bits per heavy atom. The third-order valence-electron chi connectivity index (χ3n) is 1.20. The number of hydrogen-bond acceptors (Lipinski definition) is 4. The number of carbonyl (C=O) groups is 1. The number of aromatic nitrogens is 2. The highest BCUT2D eigenvalue weighted by Gasteiger charge is 1.95.